The van der Waals surface area contributed by atoms with Gasteiger partial charge in [-0.3, -0.25) is 0 Å². The molecule has 14 heavy (non-hydrogen) atoms. The van der Waals surface area contributed by atoms with Crippen LogP contribution >= 0.6 is 11.3 Å². The predicted octanol–water partition coefficient (Wildman–Crippen LogP) is 4.37. The van der Waals surface area contributed by atoms with Crippen molar-refractivity contribution in [2.24, 2.45) is 0 Å². The largest absolute Gasteiger partial charge is 0.152 e. The number of rotatable bonds is 3. The SMILES string of the molecule is CCCc1cccc(-c2ccsc2)c1. The highest BCUT2D eigenvalue weighted by Crippen LogP contribution is 2.23. The molecular formula is C13H14S. The maximum absolute atomic E-state index is 2.30. The lowest BCUT2D eigenvalue weighted by molar-refractivity contribution is 0.922. The van der Waals surface area contributed by atoms with Gasteiger partial charge in [0.05, 0.1) is 0 Å². The first-order valence-corrected chi connectivity index (χ1v) is 5.96. The number of aryl methyl sites for hydroxylation is 1. The van der Waals surface area contributed by atoms with Gasteiger partial charge in [-0.1, -0.05) is 37.6 Å². The highest BCUT2D eigenvalue weighted by molar-refractivity contribution is 7.08. The van der Waals surface area contributed by atoms with Gasteiger partial charge in [0.15, 0.2) is 0 Å². The second-order valence-electron chi connectivity index (χ2n) is 3.46. The monoisotopic (exact) mass is 202 g/mol. The molecule has 1 heteroatoms. The lowest BCUT2D eigenvalue weighted by atomic mass is 10.0. The average molecular weight is 202 g/mol. The summed E-state index contributed by atoms with van der Waals surface area (Å²) in [7, 11) is 0. The molecule has 0 aliphatic carbocycles. The van der Waals surface area contributed by atoms with Gasteiger partial charge in [-0.25, -0.2) is 0 Å². The van der Waals surface area contributed by atoms with E-state index in [2.05, 4.69) is 48.0 Å². The Kier molecular flexibility index (Phi) is 3.00. The minimum atomic E-state index is 1.18. The molecule has 72 valence electrons. The number of benzene rings is 1. The molecule has 0 fully saturated rings. The van der Waals surface area contributed by atoms with Crippen LogP contribution in [-0.4, -0.2) is 0 Å². The van der Waals surface area contributed by atoms with Crippen LogP contribution in [0.25, 0.3) is 11.1 Å². The van der Waals surface area contributed by atoms with Crippen molar-refractivity contribution >= 4 is 11.3 Å². The Bertz CT molecular complexity index is 387. The Labute approximate surface area is 89.2 Å². The highest BCUT2D eigenvalue weighted by atomic mass is 32.1. The van der Waals surface area contributed by atoms with Crippen molar-refractivity contribution in [3.05, 3.63) is 46.7 Å². The molecule has 2 rings (SSSR count). The molecular weight excluding hydrogens is 188 g/mol. The summed E-state index contributed by atoms with van der Waals surface area (Å²) in [4.78, 5) is 0. The molecule has 0 atom stereocenters. The highest BCUT2D eigenvalue weighted by Gasteiger charge is 1.98. The van der Waals surface area contributed by atoms with Gasteiger partial charge >= 0.3 is 0 Å². The quantitative estimate of drug-likeness (QED) is 0.693. The standard InChI is InChI=1S/C13H14S/c1-2-4-11-5-3-6-12(9-11)13-7-8-14-10-13/h3,5-10H,2,4H2,1H3. The Morgan fingerprint density at radius 3 is 2.79 bits per heavy atom. The van der Waals surface area contributed by atoms with Crippen molar-refractivity contribution in [2.75, 3.05) is 0 Å². The smallest absolute Gasteiger partial charge is 0.00147 e. The molecule has 0 spiro atoms. The van der Waals surface area contributed by atoms with Crippen LogP contribution in [0.15, 0.2) is 41.1 Å². The Hall–Kier alpha value is -1.08. The van der Waals surface area contributed by atoms with E-state index in [1.54, 1.807) is 11.3 Å². The van der Waals surface area contributed by atoms with Crippen molar-refractivity contribution in [3.8, 4) is 11.1 Å². The zero-order chi connectivity index (χ0) is 9.80. The summed E-state index contributed by atoms with van der Waals surface area (Å²) < 4.78 is 0. The zero-order valence-corrected chi connectivity index (χ0v) is 9.18. The van der Waals surface area contributed by atoms with E-state index in [0.29, 0.717) is 0 Å². The summed E-state index contributed by atoms with van der Waals surface area (Å²) in [5.41, 5.74) is 4.13. The Morgan fingerprint density at radius 2 is 2.07 bits per heavy atom. The third kappa shape index (κ3) is 2.05. The van der Waals surface area contributed by atoms with Crippen molar-refractivity contribution < 1.29 is 0 Å². The summed E-state index contributed by atoms with van der Waals surface area (Å²) in [6, 6.07) is 11.0. The van der Waals surface area contributed by atoms with Crippen LogP contribution in [0.5, 0.6) is 0 Å². The fourth-order valence-electron chi connectivity index (χ4n) is 1.62. The number of hydrogen-bond donors (Lipinski definition) is 0. The van der Waals surface area contributed by atoms with Crippen molar-refractivity contribution in [3.63, 3.8) is 0 Å². The van der Waals surface area contributed by atoms with Crippen LogP contribution in [0.3, 0.4) is 0 Å². The maximum atomic E-state index is 2.30. The molecule has 0 bridgehead atoms. The van der Waals surface area contributed by atoms with Crippen LogP contribution < -0.4 is 0 Å². The lowest BCUT2D eigenvalue weighted by Crippen LogP contribution is -1.83. The fraction of sp³-hybridized carbons (Fsp3) is 0.231. The molecule has 0 aliphatic heterocycles. The van der Waals surface area contributed by atoms with E-state index in [4.69, 9.17) is 0 Å². The van der Waals surface area contributed by atoms with Gasteiger partial charge in [-0.15, -0.1) is 0 Å². The van der Waals surface area contributed by atoms with Crippen LogP contribution in [0, 0.1) is 0 Å². The summed E-state index contributed by atoms with van der Waals surface area (Å²) in [6.45, 7) is 2.22. The van der Waals surface area contributed by atoms with E-state index in [-0.39, 0.29) is 0 Å². The van der Waals surface area contributed by atoms with E-state index in [1.165, 1.54) is 29.5 Å². The average Bonchev–Trinajstić information content (AvgIpc) is 2.71. The van der Waals surface area contributed by atoms with Gasteiger partial charge in [0, 0.05) is 0 Å². The Balaban J connectivity index is 2.31. The molecule has 0 nitrogen and oxygen atoms in total. The molecule has 0 unspecified atom stereocenters. The number of thiophene rings is 1. The zero-order valence-electron chi connectivity index (χ0n) is 8.36. The molecule has 0 aliphatic rings. The van der Waals surface area contributed by atoms with Gasteiger partial charge in [-0.05, 0) is 39.9 Å². The van der Waals surface area contributed by atoms with E-state index in [9.17, 15) is 0 Å². The van der Waals surface area contributed by atoms with Crippen molar-refractivity contribution in [1.82, 2.24) is 0 Å². The second-order valence-corrected chi connectivity index (χ2v) is 4.24. The molecule has 0 N–H and O–H groups in total. The van der Waals surface area contributed by atoms with E-state index < -0.39 is 0 Å². The Morgan fingerprint density at radius 1 is 1.14 bits per heavy atom. The van der Waals surface area contributed by atoms with E-state index >= 15 is 0 Å². The maximum Gasteiger partial charge on any atom is -0.00147 e. The number of hydrogen-bond acceptors (Lipinski definition) is 1. The summed E-state index contributed by atoms with van der Waals surface area (Å²) in [6.07, 6.45) is 2.39. The van der Waals surface area contributed by atoms with Crippen LogP contribution in [-0.2, 0) is 6.42 Å². The third-order valence-corrected chi connectivity index (χ3v) is 3.00. The summed E-state index contributed by atoms with van der Waals surface area (Å²) in [5.74, 6) is 0. The first-order valence-electron chi connectivity index (χ1n) is 5.01. The molecule has 0 amide bonds. The first-order chi connectivity index (χ1) is 6.90. The van der Waals surface area contributed by atoms with Crippen molar-refractivity contribution in [2.45, 2.75) is 19.8 Å². The molecule has 1 aromatic heterocycles. The van der Waals surface area contributed by atoms with Gasteiger partial charge in [-0.2, -0.15) is 11.3 Å². The van der Waals surface area contributed by atoms with Gasteiger partial charge in [0.1, 0.15) is 0 Å². The molecule has 2 aromatic rings. The first kappa shape index (κ1) is 9.47. The van der Waals surface area contributed by atoms with Gasteiger partial charge < -0.3 is 0 Å². The minimum absolute atomic E-state index is 1.18. The normalized spacial score (nSPS) is 10.4. The van der Waals surface area contributed by atoms with Crippen LogP contribution in [0.4, 0.5) is 0 Å². The van der Waals surface area contributed by atoms with E-state index in [1.807, 2.05) is 0 Å². The van der Waals surface area contributed by atoms with Crippen molar-refractivity contribution in [1.29, 1.82) is 0 Å². The molecule has 0 saturated carbocycles. The molecule has 1 heterocycles. The summed E-state index contributed by atoms with van der Waals surface area (Å²) in [5, 5.41) is 4.33. The van der Waals surface area contributed by atoms with Crippen LogP contribution in [0.2, 0.25) is 0 Å². The third-order valence-electron chi connectivity index (χ3n) is 2.32. The second kappa shape index (κ2) is 4.43. The minimum Gasteiger partial charge on any atom is -0.152 e. The molecule has 0 radical (unpaired) electrons. The van der Waals surface area contributed by atoms with Crippen LogP contribution in [0.1, 0.15) is 18.9 Å². The molecule has 0 saturated heterocycles. The molecule has 1 aromatic carbocycles. The van der Waals surface area contributed by atoms with E-state index in [0.717, 1.165) is 0 Å². The van der Waals surface area contributed by atoms with Gasteiger partial charge in [0.25, 0.3) is 0 Å². The predicted molar refractivity (Wildman–Crippen MR) is 63.8 cm³/mol. The van der Waals surface area contributed by atoms with Gasteiger partial charge in [0.2, 0.25) is 0 Å². The summed E-state index contributed by atoms with van der Waals surface area (Å²) >= 11 is 1.75. The topological polar surface area (TPSA) is 0 Å². The fourth-order valence-corrected chi connectivity index (χ4v) is 2.29. The lowest BCUT2D eigenvalue weighted by Gasteiger charge is -2.02.